The lowest BCUT2D eigenvalue weighted by molar-refractivity contribution is -0.153. The number of alkyl halides is 3. The minimum Gasteiger partial charge on any atom is -0.483 e. The average Bonchev–Trinajstić information content (AvgIpc) is 3.41. The summed E-state index contributed by atoms with van der Waals surface area (Å²) in [6, 6.07) is 12.5. The van der Waals surface area contributed by atoms with Crippen molar-refractivity contribution in [3.8, 4) is 5.75 Å². The van der Waals surface area contributed by atoms with Gasteiger partial charge in [-0.25, -0.2) is 0 Å². The molecule has 1 N–H and O–H groups in total. The van der Waals surface area contributed by atoms with E-state index in [9.17, 15) is 18.0 Å². The van der Waals surface area contributed by atoms with Crippen molar-refractivity contribution in [2.24, 2.45) is 5.92 Å². The van der Waals surface area contributed by atoms with E-state index in [2.05, 4.69) is 15.0 Å². The third-order valence-electron chi connectivity index (χ3n) is 4.32. The molecule has 26 heavy (non-hydrogen) atoms. The normalized spacial score (nSPS) is 20.3. The summed E-state index contributed by atoms with van der Waals surface area (Å²) in [5.74, 6) is 0.199. The summed E-state index contributed by atoms with van der Waals surface area (Å²) in [6.07, 6.45) is -2.34. The lowest BCUT2D eigenvalue weighted by Crippen LogP contribution is -2.29. The van der Waals surface area contributed by atoms with E-state index in [0.29, 0.717) is 5.69 Å². The van der Waals surface area contributed by atoms with Crippen LogP contribution in [0.4, 0.5) is 13.2 Å². The van der Waals surface area contributed by atoms with Crippen molar-refractivity contribution in [2.75, 3.05) is 6.61 Å². The van der Waals surface area contributed by atoms with E-state index >= 15 is 0 Å². The number of aromatic nitrogens is 1. The summed E-state index contributed by atoms with van der Waals surface area (Å²) in [5.41, 5.74) is 1.72. The van der Waals surface area contributed by atoms with Crippen molar-refractivity contribution in [1.29, 1.82) is 0 Å². The van der Waals surface area contributed by atoms with Crippen molar-refractivity contribution in [2.45, 2.75) is 31.5 Å². The number of rotatable bonds is 6. The molecule has 4 nitrogen and oxygen atoms in total. The van der Waals surface area contributed by atoms with Crippen molar-refractivity contribution in [3.63, 3.8) is 0 Å². The number of carbonyl (C=O) groups excluding carboxylic acids is 1. The second-order valence-electron chi connectivity index (χ2n) is 6.41. The molecule has 0 spiro atoms. The first-order valence-electron chi connectivity index (χ1n) is 8.34. The fourth-order valence-electron chi connectivity index (χ4n) is 2.85. The largest absolute Gasteiger partial charge is 0.483 e. The Morgan fingerprint density at radius 3 is 2.62 bits per heavy atom. The van der Waals surface area contributed by atoms with Crippen LogP contribution in [0.15, 0.2) is 48.7 Å². The van der Waals surface area contributed by atoms with Gasteiger partial charge in [-0.3, -0.25) is 9.78 Å². The maximum absolute atomic E-state index is 12.4. The summed E-state index contributed by atoms with van der Waals surface area (Å²) in [6.45, 7) is 0.430. The molecular formula is C19H19F3N2O2. The zero-order valence-corrected chi connectivity index (χ0v) is 14.2. The van der Waals surface area contributed by atoms with Crippen LogP contribution in [0.1, 0.15) is 36.6 Å². The highest BCUT2D eigenvalue weighted by atomic mass is 19.4. The predicted molar refractivity (Wildman–Crippen MR) is 89.6 cm³/mol. The van der Waals surface area contributed by atoms with Crippen LogP contribution in [0.5, 0.6) is 5.75 Å². The molecule has 1 aliphatic rings. The van der Waals surface area contributed by atoms with E-state index in [1.165, 1.54) is 12.3 Å². The van der Waals surface area contributed by atoms with E-state index in [1.54, 1.807) is 13.0 Å². The summed E-state index contributed by atoms with van der Waals surface area (Å²) < 4.78 is 41.0. The number of hydrogen-bond acceptors (Lipinski definition) is 3. The summed E-state index contributed by atoms with van der Waals surface area (Å²) in [4.78, 5) is 16.4. The van der Waals surface area contributed by atoms with Gasteiger partial charge in [-0.15, -0.1) is 0 Å². The Labute approximate surface area is 149 Å². The zero-order valence-electron chi connectivity index (χ0n) is 14.2. The fraction of sp³-hybridized carbons (Fsp3) is 0.368. The van der Waals surface area contributed by atoms with Crippen LogP contribution in [0.2, 0.25) is 0 Å². The quantitative estimate of drug-likeness (QED) is 0.843. The molecule has 0 saturated heterocycles. The van der Waals surface area contributed by atoms with Crippen molar-refractivity contribution >= 4 is 5.91 Å². The summed E-state index contributed by atoms with van der Waals surface area (Å²) >= 11 is 0. The first-order chi connectivity index (χ1) is 12.3. The monoisotopic (exact) mass is 364 g/mol. The van der Waals surface area contributed by atoms with Crippen LogP contribution >= 0.6 is 0 Å². The number of carbonyl (C=O) groups is 1. The smallest absolute Gasteiger partial charge is 0.422 e. The molecular weight excluding hydrogens is 345 g/mol. The molecule has 1 saturated carbocycles. The Balaban J connectivity index is 1.52. The number of halogens is 3. The van der Waals surface area contributed by atoms with Gasteiger partial charge in [-0.1, -0.05) is 30.3 Å². The van der Waals surface area contributed by atoms with Gasteiger partial charge in [0, 0.05) is 5.92 Å². The first-order valence-corrected chi connectivity index (χ1v) is 8.34. The maximum Gasteiger partial charge on any atom is 0.422 e. The molecule has 0 radical (unpaired) electrons. The second-order valence-corrected chi connectivity index (χ2v) is 6.41. The molecule has 1 aromatic carbocycles. The van der Waals surface area contributed by atoms with Gasteiger partial charge in [-0.05, 0) is 37.0 Å². The van der Waals surface area contributed by atoms with Gasteiger partial charge in [0.25, 0.3) is 0 Å². The molecule has 7 heteroatoms. The second kappa shape index (κ2) is 7.35. The van der Waals surface area contributed by atoms with Gasteiger partial charge in [0.2, 0.25) is 5.91 Å². The molecule has 1 amide bonds. The van der Waals surface area contributed by atoms with Crippen molar-refractivity contribution in [3.05, 3.63) is 59.9 Å². The topological polar surface area (TPSA) is 51.2 Å². The highest BCUT2D eigenvalue weighted by Gasteiger charge is 2.44. The van der Waals surface area contributed by atoms with Crippen LogP contribution in [-0.2, 0) is 4.79 Å². The molecule has 3 atom stereocenters. The Morgan fingerprint density at radius 1 is 1.27 bits per heavy atom. The Morgan fingerprint density at radius 2 is 2.00 bits per heavy atom. The molecule has 3 rings (SSSR count). The molecule has 0 bridgehead atoms. The van der Waals surface area contributed by atoms with E-state index < -0.39 is 12.8 Å². The predicted octanol–water partition coefficient (Wildman–Crippen LogP) is 4.00. The Bertz CT molecular complexity index is 748. The number of nitrogens with one attached hydrogen (secondary N) is 1. The molecule has 138 valence electrons. The first kappa shape index (κ1) is 18.2. The molecule has 2 aromatic rings. The summed E-state index contributed by atoms with van der Waals surface area (Å²) in [5, 5.41) is 2.91. The molecule has 1 heterocycles. The lowest BCUT2D eigenvalue weighted by atomic mass is 10.1. The minimum absolute atomic E-state index is 0.0365. The highest BCUT2D eigenvalue weighted by molar-refractivity contribution is 5.83. The molecule has 1 aromatic heterocycles. The lowest BCUT2D eigenvalue weighted by Gasteiger charge is -2.14. The number of benzene rings is 1. The molecule has 0 unspecified atom stereocenters. The van der Waals surface area contributed by atoms with Crippen LogP contribution in [0.25, 0.3) is 0 Å². The van der Waals surface area contributed by atoms with E-state index in [4.69, 9.17) is 0 Å². The maximum atomic E-state index is 12.4. The third kappa shape index (κ3) is 4.74. The van der Waals surface area contributed by atoms with Crippen molar-refractivity contribution < 1.29 is 22.7 Å². The molecule has 0 aliphatic heterocycles. The number of nitrogens with zero attached hydrogens (tertiary/aromatic N) is 1. The summed E-state index contributed by atoms with van der Waals surface area (Å²) in [7, 11) is 0. The number of amides is 1. The zero-order chi connectivity index (χ0) is 18.7. The molecule has 1 aliphatic carbocycles. The SMILES string of the molecule is C[C@@H](NC(=O)[C@H]1C[C@@H]1c1ccccc1)c1ccc(OCC(F)(F)F)cn1. The van der Waals surface area contributed by atoms with Gasteiger partial charge in [-0.2, -0.15) is 13.2 Å². The number of ether oxygens (including phenoxy) is 1. The van der Waals surface area contributed by atoms with Crippen LogP contribution in [0, 0.1) is 5.92 Å². The van der Waals surface area contributed by atoms with Crippen LogP contribution < -0.4 is 10.1 Å². The highest BCUT2D eigenvalue weighted by Crippen LogP contribution is 2.47. The van der Waals surface area contributed by atoms with Gasteiger partial charge in [0.1, 0.15) is 5.75 Å². The van der Waals surface area contributed by atoms with Gasteiger partial charge < -0.3 is 10.1 Å². The van der Waals surface area contributed by atoms with E-state index in [1.807, 2.05) is 30.3 Å². The standard InChI is InChI=1S/C19H19F3N2O2/c1-12(17-8-7-14(10-23-17)26-11-19(20,21)22)24-18(25)16-9-15(16)13-5-3-2-4-6-13/h2-8,10,12,15-16H,9,11H2,1H3,(H,24,25)/t12-,15-,16+/m1/s1. The van der Waals surface area contributed by atoms with Gasteiger partial charge in [0.05, 0.1) is 17.9 Å². The number of pyridine rings is 1. The van der Waals surface area contributed by atoms with Crippen LogP contribution in [0.3, 0.4) is 0 Å². The van der Waals surface area contributed by atoms with Gasteiger partial charge in [0.15, 0.2) is 6.61 Å². The van der Waals surface area contributed by atoms with Crippen LogP contribution in [-0.4, -0.2) is 23.7 Å². The van der Waals surface area contributed by atoms with Crippen molar-refractivity contribution in [1.82, 2.24) is 10.3 Å². The number of hydrogen-bond donors (Lipinski definition) is 1. The molecule has 1 fully saturated rings. The fourth-order valence-corrected chi connectivity index (χ4v) is 2.85. The van der Waals surface area contributed by atoms with Gasteiger partial charge >= 0.3 is 6.18 Å². The van der Waals surface area contributed by atoms with E-state index in [-0.39, 0.29) is 29.5 Å². The van der Waals surface area contributed by atoms with E-state index in [0.717, 1.165) is 12.0 Å². The Kier molecular flexibility index (Phi) is 5.15. The third-order valence-corrected chi connectivity index (χ3v) is 4.32. The average molecular weight is 364 g/mol. The Hall–Kier alpha value is -2.57. The minimum atomic E-state index is -4.39.